The molecule has 0 unspecified atom stereocenters. The van der Waals surface area contributed by atoms with Crippen molar-refractivity contribution in [2.24, 2.45) is 0 Å². The van der Waals surface area contributed by atoms with Gasteiger partial charge in [-0.15, -0.1) is 0 Å². The summed E-state index contributed by atoms with van der Waals surface area (Å²) in [5, 5.41) is 3.06. The van der Waals surface area contributed by atoms with Gasteiger partial charge in [-0.05, 0) is 40.5 Å². The molecule has 5 heteroatoms. The Morgan fingerprint density at radius 2 is 2.11 bits per heavy atom. The molecule has 0 spiro atoms. The van der Waals surface area contributed by atoms with Gasteiger partial charge in [-0.2, -0.15) is 0 Å². The lowest BCUT2D eigenvalue weighted by Crippen LogP contribution is -2.00. The van der Waals surface area contributed by atoms with Crippen LogP contribution in [0.3, 0.4) is 0 Å². The van der Waals surface area contributed by atoms with Crippen LogP contribution in [-0.2, 0) is 6.42 Å². The summed E-state index contributed by atoms with van der Waals surface area (Å²) in [5.74, 6) is 1.15. The summed E-state index contributed by atoms with van der Waals surface area (Å²) in [4.78, 5) is 8.65. The number of anilines is 2. The van der Waals surface area contributed by atoms with E-state index in [1.54, 1.807) is 18.2 Å². The Bertz CT molecular complexity index is 546. The molecule has 1 aromatic heterocycles. The van der Waals surface area contributed by atoms with Gasteiger partial charge in [0.25, 0.3) is 0 Å². The summed E-state index contributed by atoms with van der Waals surface area (Å²) in [6.45, 7) is 2.07. The van der Waals surface area contributed by atoms with Crippen molar-refractivity contribution in [2.75, 3.05) is 5.32 Å². The predicted octanol–water partition coefficient (Wildman–Crippen LogP) is 4.07. The predicted molar refractivity (Wildman–Crippen MR) is 73.4 cm³/mol. The number of hydrogen-bond donors (Lipinski definition) is 1. The maximum Gasteiger partial charge on any atom is 0.135 e. The molecule has 0 atom stereocenters. The lowest BCUT2D eigenvalue weighted by molar-refractivity contribution is 0.628. The van der Waals surface area contributed by atoms with Crippen molar-refractivity contribution in [1.29, 1.82) is 0 Å². The van der Waals surface area contributed by atoms with Gasteiger partial charge in [-0.25, -0.2) is 14.4 Å². The van der Waals surface area contributed by atoms with E-state index in [2.05, 4.69) is 38.1 Å². The Morgan fingerprint density at radius 3 is 2.83 bits per heavy atom. The van der Waals surface area contributed by atoms with Crippen molar-refractivity contribution in [2.45, 2.75) is 19.8 Å². The second-order valence-electron chi connectivity index (χ2n) is 3.88. The molecule has 0 saturated heterocycles. The van der Waals surface area contributed by atoms with Gasteiger partial charge >= 0.3 is 0 Å². The van der Waals surface area contributed by atoms with E-state index in [4.69, 9.17) is 0 Å². The Labute approximate surface area is 114 Å². The molecule has 1 N–H and O–H groups in total. The monoisotopic (exact) mass is 309 g/mol. The number of halogens is 2. The van der Waals surface area contributed by atoms with E-state index in [0.717, 1.165) is 23.3 Å². The molecule has 94 valence electrons. The van der Waals surface area contributed by atoms with Crippen molar-refractivity contribution >= 4 is 27.4 Å². The fourth-order valence-corrected chi connectivity index (χ4v) is 2.00. The second-order valence-corrected chi connectivity index (χ2v) is 4.69. The smallest absolute Gasteiger partial charge is 0.135 e. The number of nitrogens with one attached hydrogen (secondary N) is 1. The lowest BCUT2D eigenvalue weighted by atomic mass is 10.3. The van der Waals surface area contributed by atoms with Crippen molar-refractivity contribution in [3.8, 4) is 0 Å². The summed E-state index contributed by atoms with van der Waals surface area (Å²) in [6, 6.07) is 8.04. The highest BCUT2D eigenvalue weighted by Crippen LogP contribution is 2.18. The molecule has 0 aliphatic carbocycles. The largest absolute Gasteiger partial charge is 0.340 e. The van der Waals surface area contributed by atoms with E-state index in [9.17, 15) is 4.39 Å². The summed E-state index contributed by atoms with van der Waals surface area (Å²) in [5.41, 5.74) is 0.669. The average molecular weight is 310 g/mol. The summed E-state index contributed by atoms with van der Waals surface area (Å²) in [6.07, 6.45) is 1.80. The first-order valence-electron chi connectivity index (χ1n) is 5.73. The highest BCUT2D eigenvalue weighted by atomic mass is 79.9. The minimum Gasteiger partial charge on any atom is -0.340 e. The van der Waals surface area contributed by atoms with Crippen molar-refractivity contribution < 1.29 is 4.39 Å². The van der Waals surface area contributed by atoms with E-state index in [1.165, 1.54) is 12.1 Å². The van der Waals surface area contributed by atoms with Gasteiger partial charge in [0.2, 0.25) is 0 Å². The molecule has 1 aromatic carbocycles. The Morgan fingerprint density at radius 1 is 1.28 bits per heavy atom. The van der Waals surface area contributed by atoms with Crippen molar-refractivity contribution in [3.05, 3.63) is 46.6 Å². The standard InChI is InChI=1S/C13H13BrFN3/c1-2-4-12-17-11(14)8-13(18-12)16-10-6-3-5-9(15)7-10/h3,5-8H,2,4H2,1H3,(H,16,17,18). The molecule has 1 heterocycles. The first-order valence-corrected chi connectivity index (χ1v) is 6.52. The van der Waals surface area contributed by atoms with Crippen LogP contribution in [0.25, 0.3) is 0 Å². The molecule has 0 bridgehead atoms. The van der Waals surface area contributed by atoms with Gasteiger partial charge < -0.3 is 5.32 Å². The Hall–Kier alpha value is -1.49. The van der Waals surface area contributed by atoms with E-state index in [1.807, 2.05) is 0 Å². The van der Waals surface area contributed by atoms with Crippen LogP contribution < -0.4 is 5.32 Å². The second kappa shape index (κ2) is 5.91. The molecular weight excluding hydrogens is 297 g/mol. The third-order valence-corrected chi connectivity index (χ3v) is 2.72. The van der Waals surface area contributed by atoms with Crippen LogP contribution in [0.4, 0.5) is 15.9 Å². The number of rotatable bonds is 4. The van der Waals surface area contributed by atoms with E-state index >= 15 is 0 Å². The van der Waals surface area contributed by atoms with Crippen LogP contribution in [0.2, 0.25) is 0 Å². The Kier molecular flexibility index (Phi) is 4.25. The van der Waals surface area contributed by atoms with Crippen molar-refractivity contribution in [1.82, 2.24) is 9.97 Å². The zero-order valence-corrected chi connectivity index (χ0v) is 11.5. The third kappa shape index (κ3) is 3.50. The fourth-order valence-electron chi connectivity index (χ4n) is 1.58. The van der Waals surface area contributed by atoms with Gasteiger partial charge in [0, 0.05) is 18.2 Å². The third-order valence-electron chi connectivity index (χ3n) is 2.31. The first-order chi connectivity index (χ1) is 8.67. The topological polar surface area (TPSA) is 37.8 Å². The highest BCUT2D eigenvalue weighted by Gasteiger charge is 2.03. The van der Waals surface area contributed by atoms with Gasteiger partial charge in [0.1, 0.15) is 22.1 Å². The van der Waals surface area contributed by atoms with Crippen LogP contribution in [-0.4, -0.2) is 9.97 Å². The van der Waals surface area contributed by atoms with Crippen LogP contribution in [0, 0.1) is 5.82 Å². The molecule has 3 nitrogen and oxygen atoms in total. The molecule has 2 rings (SSSR count). The number of nitrogens with zero attached hydrogens (tertiary/aromatic N) is 2. The van der Waals surface area contributed by atoms with Gasteiger partial charge in [0.15, 0.2) is 0 Å². The summed E-state index contributed by atoms with van der Waals surface area (Å²) >= 11 is 3.35. The lowest BCUT2D eigenvalue weighted by Gasteiger charge is -2.07. The first kappa shape index (κ1) is 13.0. The van der Waals surface area contributed by atoms with Crippen molar-refractivity contribution in [3.63, 3.8) is 0 Å². The Balaban J connectivity index is 2.23. The SMILES string of the molecule is CCCc1nc(Br)cc(Nc2cccc(F)c2)n1. The molecule has 0 aliphatic heterocycles. The average Bonchev–Trinajstić information content (AvgIpc) is 2.28. The molecule has 0 aliphatic rings. The fraction of sp³-hybridized carbons (Fsp3) is 0.231. The minimum atomic E-state index is -0.276. The molecule has 0 fully saturated rings. The molecule has 18 heavy (non-hydrogen) atoms. The zero-order chi connectivity index (χ0) is 13.0. The number of aryl methyl sites for hydroxylation is 1. The molecule has 0 radical (unpaired) electrons. The molecule has 2 aromatic rings. The van der Waals surface area contributed by atoms with Crippen LogP contribution >= 0.6 is 15.9 Å². The maximum absolute atomic E-state index is 13.1. The van der Waals surface area contributed by atoms with Crippen LogP contribution in [0.1, 0.15) is 19.2 Å². The van der Waals surface area contributed by atoms with Gasteiger partial charge in [-0.3, -0.25) is 0 Å². The number of aromatic nitrogens is 2. The normalized spacial score (nSPS) is 10.4. The van der Waals surface area contributed by atoms with E-state index in [0.29, 0.717) is 11.5 Å². The number of benzene rings is 1. The van der Waals surface area contributed by atoms with Crippen LogP contribution in [0.15, 0.2) is 34.9 Å². The van der Waals surface area contributed by atoms with E-state index < -0.39 is 0 Å². The summed E-state index contributed by atoms with van der Waals surface area (Å²) in [7, 11) is 0. The molecule has 0 saturated carbocycles. The zero-order valence-electron chi connectivity index (χ0n) is 9.95. The van der Waals surface area contributed by atoms with E-state index in [-0.39, 0.29) is 5.82 Å². The number of hydrogen-bond acceptors (Lipinski definition) is 3. The van der Waals surface area contributed by atoms with Gasteiger partial charge in [-0.1, -0.05) is 13.0 Å². The molecular formula is C13H13BrFN3. The highest BCUT2D eigenvalue weighted by molar-refractivity contribution is 9.10. The van der Waals surface area contributed by atoms with Gasteiger partial charge in [0.05, 0.1) is 0 Å². The quantitative estimate of drug-likeness (QED) is 0.865. The molecule has 0 amide bonds. The van der Waals surface area contributed by atoms with Crippen LogP contribution in [0.5, 0.6) is 0 Å². The minimum absolute atomic E-state index is 0.276. The summed E-state index contributed by atoms with van der Waals surface area (Å²) < 4.78 is 13.8. The maximum atomic E-state index is 13.1.